The SMILES string of the molecule is CCCCCCCCCCCCCCOc1c(Cl)cccc1OCC(=O)Nc1ccccc1C[n+]1csc(C)c1.[Br-]. The highest BCUT2D eigenvalue weighted by Crippen LogP contribution is 2.35. The van der Waals surface area contributed by atoms with Gasteiger partial charge in [-0.25, -0.2) is 0 Å². The number of halogens is 2. The van der Waals surface area contributed by atoms with Gasteiger partial charge in [-0.05, 0) is 31.5 Å². The Morgan fingerprint density at radius 3 is 2.20 bits per heavy atom. The zero-order chi connectivity index (χ0) is 28.4. The molecule has 0 bridgehead atoms. The van der Waals surface area contributed by atoms with Crippen LogP contribution in [0.3, 0.4) is 0 Å². The van der Waals surface area contributed by atoms with Crippen LogP contribution in [0.4, 0.5) is 5.69 Å². The lowest BCUT2D eigenvalue weighted by Gasteiger charge is -2.14. The van der Waals surface area contributed by atoms with Gasteiger partial charge in [0.15, 0.2) is 30.8 Å². The van der Waals surface area contributed by atoms with Crippen molar-refractivity contribution in [2.45, 2.75) is 97.4 Å². The molecule has 0 atom stereocenters. The van der Waals surface area contributed by atoms with E-state index in [0.717, 1.165) is 24.1 Å². The summed E-state index contributed by atoms with van der Waals surface area (Å²) in [7, 11) is 0. The summed E-state index contributed by atoms with van der Waals surface area (Å²) in [6.07, 6.45) is 17.7. The quantitative estimate of drug-likeness (QED) is 0.116. The van der Waals surface area contributed by atoms with E-state index in [2.05, 4.69) is 35.4 Å². The number of aromatic nitrogens is 1. The summed E-state index contributed by atoms with van der Waals surface area (Å²) in [6.45, 7) is 5.49. The van der Waals surface area contributed by atoms with Crippen LogP contribution < -0.4 is 36.3 Å². The number of aryl methyl sites for hydroxylation is 1. The van der Waals surface area contributed by atoms with Crippen LogP contribution in [-0.2, 0) is 11.3 Å². The van der Waals surface area contributed by atoms with Gasteiger partial charge in [-0.15, -0.1) is 0 Å². The Hall–Kier alpha value is -2.09. The Bertz CT molecular complexity index is 1160. The lowest BCUT2D eigenvalue weighted by atomic mass is 10.1. The highest BCUT2D eigenvalue weighted by atomic mass is 79.9. The predicted molar refractivity (Wildman–Crippen MR) is 167 cm³/mol. The minimum atomic E-state index is -0.231. The second-order valence-corrected chi connectivity index (χ2v) is 11.9. The van der Waals surface area contributed by atoms with E-state index in [4.69, 9.17) is 21.1 Å². The summed E-state index contributed by atoms with van der Waals surface area (Å²) in [5, 5.41) is 3.48. The lowest BCUT2D eigenvalue weighted by Crippen LogP contribution is -3.00. The molecule has 226 valence electrons. The molecular formula is C33H46BrClN2O3S. The summed E-state index contributed by atoms with van der Waals surface area (Å²) < 4.78 is 14.0. The van der Waals surface area contributed by atoms with Crippen molar-refractivity contribution in [1.29, 1.82) is 0 Å². The standard InChI is InChI=1S/C33H45ClN2O3S.BrH/c1-3-4-5-6-7-8-9-10-11-12-13-16-22-38-33-29(34)19-17-21-31(33)39-25-32(37)35-30-20-15-14-18-28(30)24-36-23-27(2)40-26-36;/h14-15,17-21,23,26H,3-13,16,22,24-25H2,1-2H3;1H. The molecule has 8 heteroatoms. The molecule has 1 N–H and O–H groups in total. The van der Waals surface area contributed by atoms with E-state index in [1.807, 2.05) is 30.3 Å². The molecule has 0 aliphatic heterocycles. The maximum Gasteiger partial charge on any atom is 0.262 e. The van der Waals surface area contributed by atoms with Crippen molar-refractivity contribution in [3.63, 3.8) is 0 Å². The second-order valence-electron chi connectivity index (χ2n) is 10.4. The summed E-state index contributed by atoms with van der Waals surface area (Å²) in [5.41, 5.74) is 3.89. The van der Waals surface area contributed by atoms with Crippen LogP contribution in [0.15, 0.2) is 54.2 Å². The molecule has 2 aromatic carbocycles. The highest BCUT2D eigenvalue weighted by Gasteiger charge is 2.14. The molecule has 41 heavy (non-hydrogen) atoms. The number of hydrogen-bond donors (Lipinski definition) is 1. The van der Waals surface area contributed by atoms with Gasteiger partial charge >= 0.3 is 0 Å². The van der Waals surface area contributed by atoms with Gasteiger partial charge in [0.1, 0.15) is 0 Å². The average molecular weight is 666 g/mol. The summed E-state index contributed by atoms with van der Waals surface area (Å²) in [4.78, 5) is 14.0. The molecule has 0 fully saturated rings. The van der Waals surface area contributed by atoms with Crippen LogP contribution >= 0.6 is 22.9 Å². The van der Waals surface area contributed by atoms with Gasteiger partial charge in [0, 0.05) is 5.56 Å². The van der Waals surface area contributed by atoms with Gasteiger partial charge in [-0.1, -0.05) is 125 Å². The fraction of sp³-hybridized carbons (Fsp3) is 0.515. The smallest absolute Gasteiger partial charge is 0.262 e. The van der Waals surface area contributed by atoms with Crippen molar-refractivity contribution in [1.82, 2.24) is 0 Å². The number of carbonyl (C=O) groups is 1. The molecule has 5 nitrogen and oxygen atoms in total. The largest absolute Gasteiger partial charge is 1.00 e. The Labute approximate surface area is 266 Å². The van der Waals surface area contributed by atoms with Crippen LogP contribution in [0.1, 0.15) is 94.4 Å². The third-order valence-corrected chi connectivity index (χ3v) is 8.05. The second kappa shape index (κ2) is 20.7. The minimum Gasteiger partial charge on any atom is -1.00 e. The summed E-state index contributed by atoms with van der Waals surface area (Å²) in [5.74, 6) is 0.759. The number of nitrogens with zero attached hydrogens (tertiary/aromatic N) is 1. The van der Waals surface area contributed by atoms with E-state index in [1.54, 1.807) is 23.5 Å². The molecule has 1 amide bonds. The Balaban J connectivity index is 0.00000588. The molecule has 1 aromatic heterocycles. The van der Waals surface area contributed by atoms with Gasteiger partial charge in [-0.3, -0.25) is 4.79 Å². The molecule has 0 saturated carbocycles. The molecule has 0 spiro atoms. The number of unbranched alkanes of at least 4 members (excludes halogenated alkanes) is 11. The molecule has 0 radical (unpaired) electrons. The van der Waals surface area contributed by atoms with Crippen LogP contribution in [-0.4, -0.2) is 19.1 Å². The number of rotatable bonds is 20. The van der Waals surface area contributed by atoms with Gasteiger partial charge in [-0.2, -0.15) is 4.57 Å². The number of amides is 1. The van der Waals surface area contributed by atoms with Crippen molar-refractivity contribution in [3.8, 4) is 11.5 Å². The Morgan fingerprint density at radius 2 is 1.54 bits per heavy atom. The van der Waals surface area contributed by atoms with Crippen LogP contribution in [0.25, 0.3) is 0 Å². The van der Waals surface area contributed by atoms with Gasteiger partial charge in [0.25, 0.3) is 5.91 Å². The first kappa shape index (κ1) is 35.1. The normalized spacial score (nSPS) is 10.7. The van der Waals surface area contributed by atoms with Crippen molar-refractivity contribution < 1.29 is 35.8 Å². The van der Waals surface area contributed by atoms with E-state index in [9.17, 15) is 4.79 Å². The number of nitrogens with one attached hydrogen (secondary N) is 1. The zero-order valence-electron chi connectivity index (χ0n) is 24.6. The first-order chi connectivity index (χ1) is 19.6. The molecule has 0 aliphatic carbocycles. The average Bonchev–Trinajstić information content (AvgIpc) is 3.36. The zero-order valence-corrected chi connectivity index (χ0v) is 27.8. The van der Waals surface area contributed by atoms with Gasteiger partial charge in [0.2, 0.25) is 5.51 Å². The number of para-hydroxylation sites is 2. The number of benzene rings is 2. The maximum absolute atomic E-state index is 12.8. The highest BCUT2D eigenvalue weighted by molar-refractivity contribution is 7.09. The number of hydrogen-bond acceptors (Lipinski definition) is 4. The molecule has 0 unspecified atom stereocenters. The number of ether oxygens (including phenoxy) is 2. The van der Waals surface area contributed by atoms with E-state index >= 15 is 0 Å². The van der Waals surface area contributed by atoms with Crippen molar-refractivity contribution in [2.75, 3.05) is 18.5 Å². The first-order valence-corrected chi connectivity index (χ1v) is 16.2. The third-order valence-electron chi connectivity index (χ3n) is 6.90. The van der Waals surface area contributed by atoms with Crippen LogP contribution in [0.5, 0.6) is 11.5 Å². The fourth-order valence-electron chi connectivity index (χ4n) is 4.69. The minimum absolute atomic E-state index is 0. The number of anilines is 1. The Morgan fingerprint density at radius 1 is 0.878 bits per heavy atom. The van der Waals surface area contributed by atoms with Crippen LogP contribution in [0, 0.1) is 6.92 Å². The van der Waals surface area contributed by atoms with E-state index < -0.39 is 0 Å². The summed E-state index contributed by atoms with van der Waals surface area (Å²) >= 11 is 8.12. The third kappa shape index (κ3) is 13.6. The van der Waals surface area contributed by atoms with E-state index in [0.29, 0.717) is 29.7 Å². The number of carbonyl (C=O) groups excluding carboxylic acids is 1. The topological polar surface area (TPSA) is 51.4 Å². The van der Waals surface area contributed by atoms with Gasteiger partial charge in [0.05, 0.1) is 22.2 Å². The molecular weight excluding hydrogens is 620 g/mol. The summed E-state index contributed by atoms with van der Waals surface area (Å²) in [6, 6.07) is 13.2. The first-order valence-electron chi connectivity index (χ1n) is 14.9. The van der Waals surface area contributed by atoms with Gasteiger partial charge < -0.3 is 31.8 Å². The Kier molecular flexibility index (Phi) is 17.8. The van der Waals surface area contributed by atoms with Crippen molar-refractivity contribution >= 4 is 34.5 Å². The molecule has 3 rings (SSSR count). The number of thiazole rings is 1. The molecule has 3 aromatic rings. The van der Waals surface area contributed by atoms with E-state index in [-0.39, 0.29) is 29.5 Å². The van der Waals surface area contributed by atoms with Crippen LogP contribution in [0.2, 0.25) is 5.02 Å². The monoisotopic (exact) mass is 664 g/mol. The molecule has 0 saturated heterocycles. The molecule has 0 aliphatic rings. The van der Waals surface area contributed by atoms with E-state index in [1.165, 1.54) is 69.1 Å². The van der Waals surface area contributed by atoms with Crippen molar-refractivity contribution in [2.24, 2.45) is 0 Å². The molecule has 1 heterocycles. The fourth-order valence-corrected chi connectivity index (χ4v) is 5.55. The predicted octanol–water partition coefficient (Wildman–Crippen LogP) is 6.15. The lowest BCUT2D eigenvalue weighted by molar-refractivity contribution is -0.683. The maximum atomic E-state index is 12.8. The van der Waals surface area contributed by atoms with Crippen molar-refractivity contribution in [3.05, 3.63) is 69.6 Å².